The minimum absolute atomic E-state index is 0.101. The van der Waals surface area contributed by atoms with Gasteiger partial charge in [-0.05, 0) is 69.9 Å². The number of fused-ring (bicyclic) bond motifs is 1. The lowest BCUT2D eigenvalue weighted by Gasteiger charge is -2.44. The van der Waals surface area contributed by atoms with Gasteiger partial charge >= 0.3 is 6.09 Å². The van der Waals surface area contributed by atoms with Crippen molar-refractivity contribution >= 4 is 46.2 Å². The summed E-state index contributed by atoms with van der Waals surface area (Å²) in [6.45, 7) is 5.36. The molecule has 1 fully saturated rings. The van der Waals surface area contributed by atoms with Gasteiger partial charge in [0.1, 0.15) is 17.1 Å². The second kappa shape index (κ2) is 10.1. The largest absolute Gasteiger partial charge is 0.444 e. The van der Waals surface area contributed by atoms with Gasteiger partial charge in [-0.1, -0.05) is 36.2 Å². The minimum Gasteiger partial charge on any atom is -0.444 e. The van der Waals surface area contributed by atoms with E-state index in [1.165, 1.54) is 36.2 Å². The first kappa shape index (κ1) is 25.4. The molecule has 0 spiro atoms. The number of aromatic nitrogens is 1. The lowest BCUT2D eigenvalue weighted by Crippen LogP contribution is -2.45. The van der Waals surface area contributed by atoms with Gasteiger partial charge in [0.05, 0.1) is 10.6 Å². The molecule has 0 unspecified atom stereocenters. The number of nitrogens with one attached hydrogen (secondary N) is 2. The molecular formula is C25H28ClFN4O3S. The second-order valence-electron chi connectivity index (χ2n) is 9.73. The molecule has 1 aliphatic heterocycles. The van der Waals surface area contributed by atoms with E-state index >= 15 is 4.39 Å². The molecule has 7 nitrogen and oxygen atoms in total. The maximum atomic E-state index is 15.3. The van der Waals surface area contributed by atoms with Crippen LogP contribution in [0.4, 0.5) is 14.9 Å². The Morgan fingerprint density at radius 3 is 2.71 bits per heavy atom. The zero-order valence-electron chi connectivity index (χ0n) is 19.9. The Bertz CT molecular complexity index is 1150. The van der Waals surface area contributed by atoms with Crippen LogP contribution >= 0.6 is 23.4 Å². The van der Waals surface area contributed by atoms with Crippen molar-refractivity contribution in [2.45, 2.75) is 57.6 Å². The van der Waals surface area contributed by atoms with Gasteiger partial charge in [0.2, 0.25) is 0 Å². The van der Waals surface area contributed by atoms with Crippen molar-refractivity contribution < 1.29 is 18.7 Å². The highest BCUT2D eigenvalue weighted by Crippen LogP contribution is 2.50. The summed E-state index contributed by atoms with van der Waals surface area (Å²) in [5, 5.41) is 6.37. The quantitative estimate of drug-likeness (QED) is 0.509. The van der Waals surface area contributed by atoms with Gasteiger partial charge < -0.3 is 10.1 Å². The van der Waals surface area contributed by atoms with E-state index < -0.39 is 29.0 Å². The highest BCUT2D eigenvalue weighted by atomic mass is 35.5. The Balaban J connectivity index is 1.65. The van der Waals surface area contributed by atoms with Gasteiger partial charge in [0.15, 0.2) is 5.17 Å². The lowest BCUT2D eigenvalue weighted by atomic mass is 9.69. The molecule has 10 heteroatoms. The number of nitrogens with zero attached hydrogens (tertiary/aromatic N) is 2. The maximum absolute atomic E-state index is 15.3. The number of hydrogen-bond donors (Lipinski definition) is 2. The summed E-state index contributed by atoms with van der Waals surface area (Å²) in [6, 6.07) is 7.61. The molecule has 1 aromatic carbocycles. The molecule has 2 amide bonds. The molecule has 2 aliphatic rings. The van der Waals surface area contributed by atoms with Gasteiger partial charge in [0, 0.05) is 23.2 Å². The van der Waals surface area contributed by atoms with Crippen molar-refractivity contribution in [3.8, 4) is 0 Å². The fraction of sp³-hybridized carbons (Fsp3) is 0.440. The molecule has 35 heavy (non-hydrogen) atoms. The van der Waals surface area contributed by atoms with E-state index in [2.05, 4.69) is 15.6 Å². The predicted molar refractivity (Wildman–Crippen MR) is 136 cm³/mol. The van der Waals surface area contributed by atoms with Crippen LogP contribution in [0.1, 0.15) is 62.5 Å². The number of carbonyl (C=O) groups is 2. The summed E-state index contributed by atoms with van der Waals surface area (Å²) in [5.41, 5.74) is -0.432. The Hall–Kier alpha value is -2.65. The van der Waals surface area contributed by atoms with Crippen LogP contribution in [0.2, 0.25) is 5.02 Å². The van der Waals surface area contributed by atoms with Crippen LogP contribution in [-0.4, -0.2) is 33.5 Å². The summed E-state index contributed by atoms with van der Waals surface area (Å²) >= 11 is 7.30. The Morgan fingerprint density at radius 2 is 2.00 bits per heavy atom. The fourth-order valence-corrected chi connectivity index (χ4v) is 5.80. The topological polar surface area (TPSA) is 92.7 Å². The predicted octanol–water partition coefficient (Wildman–Crippen LogP) is 6.14. The number of benzene rings is 1. The van der Waals surface area contributed by atoms with Crippen LogP contribution in [-0.2, 0) is 10.3 Å². The molecule has 0 bridgehead atoms. The number of thioether (sulfide) groups is 1. The van der Waals surface area contributed by atoms with E-state index in [1.54, 1.807) is 32.9 Å². The van der Waals surface area contributed by atoms with Crippen molar-refractivity contribution in [3.05, 3.63) is 58.6 Å². The third kappa shape index (κ3) is 5.95. The molecule has 4 rings (SSSR count). The summed E-state index contributed by atoms with van der Waals surface area (Å²) < 4.78 is 20.7. The van der Waals surface area contributed by atoms with Crippen molar-refractivity contribution in [3.63, 3.8) is 0 Å². The molecule has 1 aliphatic carbocycles. The Kier molecular flexibility index (Phi) is 7.38. The molecular weight excluding hydrogens is 491 g/mol. The number of alkyl carbamates (subject to hydrolysis) is 1. The summed E-state index contributed by atoms with van der Waals surface area (Å²) in [7, 11) is 0. The molecule has 2 N–H and O–H groups in total. The molecule has 1 saturated carbocycles. The lowest BCUT2D eigenvalue weighted by molar-refractivity contribution is 0.0563. The average Bonchev–Trinajstić information content (AvgIpc) is 2.79. The monoisotopic (exact) mass is 518 g/mol. The first-order valence-electron chi connectivity index (χ1n) is 11.5. The number of rotatable bonds is 3. The average molecular weight is 519 g/mol. The molecule has 0 radical (unpaired) electrons. The molecule has 0 saturated heterocycles. The standard InChI is InChI=1S/C25H28ClFN4O3S/c1-24(2,3)34-23(33)30-22-31-25(11-5-4-6-15(25)14-35-22)18-12-17(8-9-19(18)27)29-21(32)20-10-7-16(26)13-28-20/h7-10,12-13,15H,4-6,11,14H2,1-3H3,(H,29,32)(H,30,31,33)/t15-,25-/m0/s1. The number of aliphatic imine (C=N–C) groups is 1. The zero-order chi connectivity index (χ0) is 25.2. The van der Waals surface area contributed by atoms with Crippen LogP contribution in [0.3, 0.4) is 0 Å². The smallest absolute Gasteiger partial charge is 0.413 e. The van der Waals surface area contributed by atoms with E-state index in [0.29, 0.717) is 33.6 Å². The highest BCUT2D eigenvalue weighted by Gasteiger charge is 2.46. The number of anilines is 1. The van der Waals surface area contributed by atoms with Crippen LogP contribution in [0, 0.1) is 11.7 Å². The van der Waals surface area contributed by atoms with Crippen LogP contribution < -0.4 is 10.6 Å². The Morgan fingerprint density at radius 1 is 1.20 bits per heavy atom. The first-order chi connectivity index (χ1) is 16.6. The van der Waals surface area contributed by atoms with Crippen LogP contribution in [0.15, 0.2) is 41.5 Å². The number of ether oxygens (including phenoxy) is 1. The molecule has 2 aromatic rings. The van der Waals surface area contributed by atoms with Gasteiger partial charge in [0.25, 0.3) is 5.91 Å². The molecule has 186 valence electrons. The third-order valence-electron chi connectivity index (χ3n) is 6.02. The number of halogens is 2. The van der Waals surface area contributed by atoms with Crippen LogP contribution in [0.25, 0.3) is 0 Å². The third-order valence-corrected chi connectivity index (χ3v) is 7.28. The van der Waals surface area contributed by atoms with Gasteiger partial charge in [-0.15, -0.1) is 0 Å². The van der Waals surface area contributed by atoms with Gasteiger partial charge in [-0.2, -0.15) is 0 Å². The normalized spacial score (nSPS) is 22.0. The number of amides is 2. The Labute approximate surface area is 213 Å². The van der Waals surface area contributed by atoms with Crippen molar-refractivity contribution in [2.24, 2.45) is 10.9 Å². The summed E-state index contributed by atoms with van der Waals surface area (Å²) in [6.07, 6.45) is 4.27. The summed E-state index contributed by atoms with van der Waals surface area (Å²) in [4.78, 5) is 34.0. The maximum Gasteiger partial charge on any atom is 0.413 e. The summed E-state index contributed by atoms with van der Waals surface area (Å²) in [5.74, 6) is -0.0261. The van der Waals surface area contributed by atoms with E-state index in [9.17, 15) is 9.59 Å². The highest BCUT2D eigenvalue weighted by molar-refractivity contribution is 8.13. The van der Waals surface area contributed by atoms with E-state index in [1.807, 2.05) is 0 Å². The van der Waals surface area contributed by atoms with Gasteiger partial charge in [-0.3, -0.25) is 15.1 Å². The van der Waals surface area contributed by atoms with Crippen molar-refractivity contribution in [2.75, 3.05) is 11.1 Å². The second-order valence-corrected chi connectivity index (χ2v) is 11.2. The van der Waals surface area contributed by atoms with E-state index in [-0.39, 0.29) is 11.6 Å². The fourth-order valence-electron chi connectivity index (χ4n) is 4.50. The zero-order valence-corrected chi connectivity index (χ0v) is 21.4. The van der Waals surface area contributed by atoms with Crippen molar-refractivity contribution in [1.29, 1.82) is 0 Å². The van der Waals surface area contributed by atoms with E-state index in [0.717, 1.165) is 19.3 Å². The van der Waals surface area contributed by atoms with Crippen molar-refractivity contribution in [1.82, 2.24) is 10.3 Å². The number of hydrogen-bond acceptors (Lipinski definition) is 6. The number of amidine groups is 1. The molecule has 2 heterocycles. The SMILES string of the molecule is CC(C)(C)OC(=O)NC1=N[C@@]2(c3cc(NC(=O)c4ccc(Cl)cn4)ccc3F)CCCC[C@H]2CS1. The number of pyridine rings is 1. The van der Waals surface area contributed by atoms with Gasteiger partial charge in [-0.25, -0.2) is 14.2 Å². The molecule has 1 aromatic heterocycles. The van der Waals surface area contributed by atoms with Crippen LogP contribution in [0.5, 0.6) is 0 Å². The molecule has 2 atom stereocenters. The number of carbonyl (C=O) groups excluding carboxylic acids is 2. The first-order valence-corrected chi connectivity index (χ1v) is 12.9. The minimum atomic E-state index is -0.836. The van der Waals surface area contributed by atoms with E-state index in [4.69, 9.17) is 21.3 Å².